The summed E-state index contributed by atoms with van der Waals surface area (Å²) in [5, 5.41) is 10.1. The normalized spacial score (nSPS) is 18.1. The molecule has 0 bridgehead atoms. The fourth-order valence-corrected chi connectivity index (χ4v) is 3.11. The van der Waals surface area contributed by atoms with Crippen molar-refractivity contribution in [1.82, 2.24) is 0 Å². The summed E-state index contributed by atoms with van der Waals surface area (Å²) in [5.41, 5.74) is 0.0261. The number of hydrogen-bond donors (Lipinski definition) is 1. The van der Waals surface area contributed by atoms with E-state index in [1.165, 1.54) is 11.5 Å². The summed E-state index contributed by atoms with van der Waals surface area (Å²) in [4.78, 5) is 0. The van der Waals surface area contributed by atoms with Crippen LogP contribution in [0, 0.1) is 0 Å². The minimum absolute atomic E-state index is 0.305. The van der Waals surface area contributed by atoms with Crippen molar-refractivity contribution in [2.24, 2.45) is 0 Å². The van der Waals surface area contributed by atoms with Crippen molar-refractivity contribution in [3.63, 3.8) is 0 Å². The van der Waals surface area contributed by atoms with Gasteiger partial charge in [0.1, 0.15) is 11.9 Å². The van der Waals surface area contributed by atoms with E-state index in [9.17, 15) is 5.11 Å². The van der Waals surface area contributed by atoms with E-state index in [0.29, 0.717) is 6.10 Å². The molecule has 0 unspecified atom stereocenters. The van der Waals surface area contributed by atoms with Gasteiger partial charge in [-0.25, -0.2) is 0 Å². The van der Waals surface area contributed by atoms with E-state index in [1.54, 1.807) is 13.8 Å². The van der Waals surface area contributed by atoms with Gasteiger partial charge in [-0.3, -0.25) is 0 Å². The van der Waals surface area contributed by atoms with Crippen LogP contribution in [0.4, 0.5) is 0 Å². The quantitative estimate of drug-likeness (QED) is 0.896. The molecule has 1 N–H and O–H groups in total. The SMILES string of the molecule is CC(C)(O)c1ccccc1OC1CCSCC1. The Kier molecular flexibility index (Phi) is 4.00. The number of benzene rings is 1. The second kappa shape index (κ2) is 5.32. The lowest BCUT2D eigenvalue weighted by molar-refractivity contribution is 0.0716. The standard InChI is InChI=1S/C14H20O2S/c1-14(2,15)12-5-3-4-6-13(12)16-11-7-9-17-10-8-11/h3-6,11,15H,7-10H2,1-2H3. The van der Waals surface area contributed by atoms with Crippen LogP contribution in [0.5, 0.6) is 5.75 Å². The molecule has 94 valence electrons. The molecule has 0 aromatic heterocycles. The number of rotatable bonds is 3. The number of thioether (sulfide) groups is 1. The first-order valence-corrected chi connectivity index (χ1v) is 7.29. The van der Waals surface area contributed by atoms with Crippen molar-refractivity contribution in [1.29, 1.82) is 0 Å². The predicted octanol–water partition coefficient (Wildman–Crippen LogP) is 3.19. The minimum atomic E-state index is -0.847. The van der Waals surface area contributed by atoms with E-state index in [0.717, 1.165) is 24.2 Å². The first-order chi connectivity index (χ1) is 8.07. The van der Waals surface area contributed by atoms with Crippen molar-refractivity contribution in [3.05, 3.63) is 29.8 Å². The summed E-state index contributed by atoms with van der Waals surface area (Å²) < 4.78 is 6.04. The highest BCUT2D eigenvalue weighted by molar-refractivity contribution is 7.99. The number of ether oxygens (including phenoxy) is 1. The lowest BCUT2D eigenvalue weighted by Crippen LogP contribution is -2.24. The molecule has 0 aliphatic carbocycles. The second-order valence-corrected chi connectivity index (χ2v) is 6.21. The molecule has 1 heterocycles. The molecule has 2 rings (SSSR count). The lowest BCUT2D eigenvalue weighted by Gasteiger charge is -2.27. The molecule has 0 amide bonds. The third kappa shape index (κ3) is 3.39. The summed E-state index contributed by atoms with van der Waals surface area (Å²) in [7, 11) is 0. The van der Waals surface area contributed by atoms with Gasteiger partial charge < -0.3 is 9.84 Å². The van der Waals surface area contributed by atoms with Gasteiger partial charge in [-0.1, -0.05) is 18.2 Å². The summed E-state index contributed by atoms with van der Waals surface area (Å²) in [6.45, 7) is 3.60. The van der Waals surface area contributed by atoms with E-state index < -0.39 is 5.60 Å². The average molecular weight is 252 g/mol. The Hall–Kier alpha value is -0.670. The fraction of sp³-hybridized carbons (Fsp3) is 0.571. The molecule has 1 aromatic rings. The van der Waals surface area contributed by atoms with Crippen LogP contribution in [-0.2, 0) is 5.60 Å². The Morgan fingerprint density at radius 3 is 2.53 bits per heavy atom. The van der Waals surface area contributed by atoms with E-state index in [2.05, 4.69) is 0 Å². The zero-order valence-corrected chi connectivity index (χ0v) is 11.3. The van der Waals surface area contributed by atoms with Crippen LogP contribution in [0.25, 0.3) is 0 Å². The number of aliphatic hydroxyl groups is 1. The molecule has 0 radical (unpaired) electrons. The van der Waals surface area contributed by atoms with E-state index >= 15 is 0 Å². The summed E-state index contributed by atoms with van der Waals surface area (Å²) >= 11 is 1.99. The largest absolute Gasteiger partial charge is 0.490 e. The average Bonchev–Trinajstić information content (AvgIpc) is 2.30. The molecule has 17 heavy (non-hydrogen) atoms. The van der Waals surface area contributed by atoms with Gasteiger partial charge in [0, 0.05) is 5.56 Å². The zero-order chi connectivity index (χ0) is 12.3. The molecule has 1 aliphatic rings. The van der Waals surface area contributed by atoms with Crippen LogP contribution >= 0.6 is 11.8 Å². The van der Waals surface area contributed by atoms with Crippen LogP contribution in [-0.4, -0.2) is 22.7 Å². The van der Waals surface area contributed by atoms with Gasteiger partial charge in [0.15, 0.2) is 0 Å². The highest BCUT2D eigenvalue weighted by Gasteiger charge is 2.23. The first-order valence-electron chi connectivity index (χ1n) is 6.13. The molecule has 1 aliphatic heterocycles. The van der Waals surface area contributed by atoms with E-state index in [-0.39, 0.29) is 0 Å². The van der Waals surface area contributed by atoms with E-state index in [4.69, 9.17) is 4.74 Å². The van der Waals surface area contributed by atoms with Crippen LogP contribution in [0.3, 0.4) is 0 Å². The Balaban J connectivity index is 2.14. The van der Waals surface area contributed by atoms with Crippen molar-refractivity contribution >= 4 is 11.8 Å². The Morgan fingerprint density at radius 1 is 1.24 bits per heavy atom. The molecule has 1 aromatic carbocycles. The van der Waals surface area contributed by atoms with Gasteiger partial charge in [-0.2, -0.15) is 11.8 Å². The maximum absolute atomic E-state index is 10.1. The second-order valence-electron chi connectivity index (χ2n) is 4.98. The highest BCUT2D eigenvalue weighted by Crippen LogP contribution is 2.31. The minimum Gasteiger partial charge on any atom is -0.490 e. The third-order valence-electron chi connectivity index (χ3n) is 3.01. The summed E-state index contributed by atoms with van der Waals surface area (Å²) in [6, 6.07) is 7.79. The molecule has 2 nitrogen and oxygen atoms in total. The smallest absolute Gasteiger partial charge is 0.125 e. The monoisotopic (exact) mass is 252 g/mol. The summed E-state index contributed by atoms with van der Waals surface area (Å²) in [5.74, 6) is 3.18. The van der Waals surface area contributed by atoms with E-state index in [1.807, 2.05) is 36.0 Å². The molecular weight excluding hydrogens is 232 g/mol. The number of hydrogen-bond acceptors (Lipinski definition) is 3. The lowest BCUT2D eigenvalue weighted by atomic mass is 9.97. The first kappa shape index (κ1) is 12.8. The molecule has 0 atom stereocenters. The van der Waals surface area contributed by atoms with Crippen LogP contribution in [0.15, 0.2) is 24.3 Å². The molecular formula is C14H20O2S. The highest BCUT2D eigenvalue weighted by atomic mass is 32.2. The Morgan fingerprint density at radius 2 is 1.88 bits per heavy atom. The van der Waals surface area contributed by atoms with Gasteiger partial charge in [0.05, 0.1) is 5.60 Å². The predicted molar refractivity (Wildman–Crippen MR) is 72.7 cm³/mol. The topological polar surface area (TPSA) is 29.5 Å². The molecule has 0 spiro atoms. The maximum atomic E-state index is 10.1. The van der Waals surface area contributed by atoms with Crippen molar-refractivity contribution in [3.8, 4) is 5.75 Å². The molecule has 3 heteroatoms. The van der Waals surface area contributed by atoms with Crippen LogP contribution in [0.1, 0.15) is 32.3 Å². The van der Waals surface area contributed by atoms with Crippen molar-refractivity contribution in [2.45, 2.75) is 38.4 Å². The molecule has 1 saturated heterocycles. The van der Waals surface area contributed by atoms with Gasteiger partial charge in [-0.05, 0) is 44.3 Å². The Bertz CT molecular complexity index is 365. The van der Waals surface area contributed by atoms with Gasteiger partial charge >= 0.3 is 0 Å². The number of para-hydroxylation sites is 1. The fourth-order valence-electron chi connectivity index (χ4n) is 2.05. The third-order valence-corrected chi connectivity index (χ3v) is 4.06. The van der Waals surface area contributed by atoms with Crippen molar-refractivity contribution < 1.29 is 9.84 Å². The van der Waals surface area contributed by atoms with Crippen LogP contribution < -0.4 is 4.74 Å². The van der Waals surface area contributed by atoms with Gasteiger partial charge in [0.2, 0.25) is 0 Å². The molecule has 0 saturated carbocycles. The Labute approximate surface area is 107 Å². The van der Waals surface area contributed by atoms with Crippen LogP contribution in [0.2, 0.25) is 0 Å². The summed E-state index contributed by atoms with van der Waals surface area (Å²) in [6.07, 6.45) is 2.51. The van der Waals surface area contributed by atoms with Crippen molar-refractivity contribution in [2.75, 3.05) is 11.5 Å². The molecule has 1 fully saturated rings. The van der Waals surface area contributed by atoms with Gasteiger partial charge in [-0.15, -0.1) is 0 Å². The maximum Gasteiger partial charge on any atom is 0.125 e. The zero-order valence-electron chi connectivity index (χ0n) is 10.5. The van der Waals surface area contributed by atoms with Gasteiger partial charge in [0.25, 0.3) is 0 Å².